The molecule has 0 spiro atoms. The van der Waals surface area contributed by atoms with Crippen LogP contribution >= 0.6 is 0 Å². The molecule has 0 saturated heterocycles. The first-order chi connectivity index (χ1) is 4.12. The van der Waals surface area contributed by atoms with E-state index in [2.05, 4.69) is 20.8 Å². The second kappa shape index (κ2) is 3.65. The lowest BCUT2D eigenvalue weighted by atomic mass is 9.85. The van der Waals surface area contributed by atoms with Gasteiger partial charge in [0.2, 0.25) is 0 Å². The summed E-state index contributed by atoms with van der Waals surface area (Å²) >= 11 is 0. The number of rotatable bonds is 4. The van der Waals surface area contributed by atoms with Crippen molar-refractivity contribution < 1.29 is 0 Å². The number of nitrogens with one attached hydrogen (secondary N) is 1. The average molecular weight is 127 g/mol. The summed E-state index contributed by atoms with van der Waals surface area (Å²) in [5.74, 6) is 0. The number of hydrogen-bond acceptors (Lipinski definition) is 1. The summed E-state index contributed by atoms with van der Waals surface area (Å²) in [5, 5.41) is 6.91. The first kappa shape index (κ1) is 8.67. The highest BCUT2D eigenvalue weighted by Gasteiger charge is 2.13. The standard InChI is InChI=1S/C8H17N/c1-4-5-8(2,3)6-7-9/h7,9H,4-6H2,1-3H3. The van der Waals surface area contributed by atoms with Gasteiger partial charge in [0.1, 0.15) is 0 Å². The van der Waals surface area contributed by atoms with Gasteiger partial charge in [0.15, 0.2) is 0 Å². The molecular formula is C8H17N. The largest absolute Gasteiger partial charge is 0.313 e. The van der Waals surface area contributed by atoms with Crippen molar-refractivity contribution in [2.45, 2.75) is 40.0 Å². The molecule has 0 amide bonds. The van der Waals surface area contributed by atoms with E-state index in [0.717, 1.165) is 6.42 Å². The molecule has 0 aliphatic rings. The van der Waals surface area contributed by atoms with E-state index >= 15 is 0 Å². The van der Waals surface area contributed by atoms with E-state index in [0.29, 0.717) is 5.41 Å². The molecule has 0 radical (unpaired) electrons. The van der Waals surface area contributed by atoms with E-state index in [-0.39, 0.29) is 0 Å². The third-order valence-electron chi connectivity index (χ3n) is 1.58. The molecule has 0 unspecified atom stereocenters. The molecule has 0 aliphatic carbocycles. The Balaban J connectivity index is 3.55. The van der Waals surface area contributed by atoms with Gasteiger partial charge in [-0.2, -0.15) is 0 Å². The molecule has 0 heterocycles. The Labute approximate surface area is 58.0 Å². The second-order valence-corrected chi connectivity index (χ2v) is 3.32. The predicted molar refractivity (Wildman–Crippen MR) is 42.1 cm³/mol. The maximum absolute atomic E-state index is 6.91. The molecule has 0 aliphatic heterocycles. The normalized spacial score (nSPS) is 11.4. The van der Waals surface area contributed by atoms with E-state index in [1.54, 1.807) is 0 Å². The highest BCUT2D eigenvalue weighted by atomic mass is 14.3. The van der Waals surface area contributed by atoms with Crippen LogP contribution in [0.3, 0.4) is 0 Å². The molecule has 0 bridgehead atoms. The van der Waals surface area contributed by atoms with Gasteiger partial charge in [-0.15, -0.1) is 0 Å². The van der Waals surface area contributed by atoms with Gasteiger partial charge in [0.25, 0.3) is 0 Å². The molecule has 9 heavy (non-hydrogen) atoms. The Morgan fingerprint density at radius 3 is 2.33 bits per heavy atom. The van der Waals surface area contributed by atoms with Crippen molar-refractivity contribution in [1.82, 2.24) is 0 Å². The van der Waals surface area contributed by atoms with E-state index < -0.39 is 0 Å². The van der Waals surface area contributed by atoms with Gasteiger partial charge < -0.3 is 5.41 Å². The fraction of sp³-hybridized carbons (Fsp3) is 0.875. The van der Waals surface area contributed by atoms with Crippen molar-refractivity contribution in [3.63, 3.8) is 0 Å². The lowest BCUT2D eigenvalue weighted by Crippen LogP contribution is -2.10. The molecule has 0 fully saturated rings. The molecular weight excluding hydrogens is 110 g/mol. The second-order valence-electron chi connectivity index (χ2n) is 3.32. The molecule has 0 rings (SSSR count). The van der Waals surface area contributed by atoms with Crippen molar-refractivity contribution in [3.8, 4) is 0 Å². The Hall–Kier alpha value is -0.330. The smallest absolute Gasteiger partial charge is 0.00424 e. The van der Waals surface area contributed by atoms with Gasteiger partial charge >= 0.3 is 0 Å². The zero-order valence-electron chi connectivity index (χ0n) is 6.70. The van der Waals surface area contributed by atoms with Crippen molar-refractivity contribution in [2.75, 3.05) is 0 Å². The first-order valence-corrected chi connectivity index (χ1v) is 3.61. The minimum atomic E-state index is 0.358. The predicted octanol–water partition coefficient (Wildman–Crippen LogP) is 2.85. The molecule has 1 nitrogen and oxygen atoms in total. The van der Waals surface area contributed by atoms with E-state index in [1.807, 2.05) is 0 Å². The minimum Gasteiger partial charge on any atom is -0.313 e. The SMILES string of the molecule is CCCC(C)(C)CC=N. The van der Waals surface area contributed by atoms with Gasteiger partial charge in [-0.1, -0.05) is 27.2 Å². The third kappa shape index (κ3) is 4.19. The highest BCUT2D eigenvalue weighted by Crippen LogP contribution is 2.24. The van der Waals surface area contributed by atoms with Gasteiger partial charge in [-0.25, -0.2) is 0 Å². The molecule has 0 saturated carbocycles. The van der Waals surface area contributed by atoms with Crippen LogP contribution in [0.25, 0.3) is 0 Å². The molecule has 0 aromatic carbocycles. The summed E-state index contributed by atoms with van der Waals surface area (Å²) in [7, 11) is 0. The molecule has 1 heteroatoms. The van der Waals surface area contributed by atoms with E-state index in [1.165, 1.54) is 19.1 Å². The van der Waals surface area contributed by atoms with Crippen molar-refractivity contribution in [3.05, 3.63) is 0 Å². The van der Waals surface area contributed by atoms with Crippen LogP contribution in [0.4, 0.5) is 0 Å². The summed E-state index contributed by atoms with van der Waals surface area (Å²) in [6.45, 7) is 6.61. The summed E-state index contributed by atoms with van der Waals surface area (Å²) in [5.41, 5.74) is 0.358. The zero-order chi connectivity index (χ0) is 7.33. The van der Waals surface area contributed by atoms with Gasteiger partial charge in [0, 0.05) is 0 Å². The zero-order valence-corrected chi connectivity index (χ0v) is 6.70. The molecule has 0 aromatic heterocycles. The Morgan fingerprint density at radius 1 is 1.44 bits per heavy atom. The molecule has 0 aromatic rings. The summed E-state index contributed by atoms with van der Waals surface area (Å²) in [6, 6.07) is 0. The highest BCUT2D eigenvalue weighted by molar-refractivity contribution is 5.53. The Kier molecular flexibility index (Phi) is 3.52. The van der Waals surface area contributed by atoms with Gasteiger partial charge in [-0.3, -0.25) is 0 Å². The number of hydrogen-bond donors (Lipinski definition) is 1. The van der Waals surface area contributed by atoms with Crippen LogP contribution < -0.4 is 0 Å². The van der Waals surface area contributed by atoms with Crippen molar-refractivity contribution in [2.24, 2.45) is 5.41 Å². The van der Waals surface area contributed by atoms with E-state index in [9.17, 15) is 0 Å². The van der Waals surface area contributed by atoms with E-state index in [4.69, 9.17) is 5.41 Å². The van der Waals surface area contributed by atoms with Crippen LogP contribution in [0.2, 0.25) is 0 Å². The van der Waals surface area contributed by atoms with Crippen LogP contribution in [-0.4, -0.2) is 6.21 Å². The fourth-order valence-electron chi connectivity index (χ4n) is 1.06. The molecule has 54 valence electrons. The summed E-state index contributed by atoms with van der Waals surface area (Å²) in [6.07, 6.45) is 4.87. The monoisotopic (exact) mass is 127 g/mol. The van der Waals surface area contributed by atoms with Crippen molar-refractivity contribution >= 4 is 6.21 Å². The average Bonchev–Trinajstić information content (AvgIpc) is 1.64. The Morgan fingerprint density at radius 2 is 2.00 bits per heavy atom. The van der Waals surface area contributed by atoms with Crippen LogP contribution in [-0.2, 0) is 0 Å². The quantitative estimate of drug-likeness (QED) is 0.561. The van der Waals surface area contributed by atoms with Gasteiger partial charge in [-0.05, 0) is 24.5 Å². The molecule has 0 atom stereocenters. The minimum absolute atomic E-state index is 0.358. The van der Waals surface area contributed by atoms with Gasteiger partial charge in [0.05, 0.1) is 0 Å². The fourth-order valence-corrected chi connectivity index (χ4v) is 1.06. The Bertz CT molecular complexity index is 84.6. The third-order valence-corrected chi connectivity index (χ3v) is 1.58. The summed E-state index contributed by atoms with van der Waals surface area (Å²) in [4.78, 5) is 0. The lowest BCUT2D eigenvalue weighted by molar-refractivity contribution is 0.348. The van der Waals surface area contributed by atoms with Crippen LogP contribution in [0.15, 0.2) is 0 Å². The van der Waals surface area contributed by atoms with Crippen LogP contribution in [0, 0.1) is 10.8 Å². The van der Waals surface area contributed by atoms with Crippen LogP contribution in [0.5, 0.6) is 0 Å². The first-order valence-electron chi connectivity index (χ1n) is 3.61. The maximum Gasteiger partial charge on any atom is -0.00424 e. The lowest BCUT2D eigenvalue weighted by Gasteiger charge is -2.20. The maximum atomic E-state index is 6.91. The van der Waals surface area contributed by atoms with Crippen molar-refractivity contribution in [1.29, 1.82) is 5.41 Å². The molecule has 1 N–H and O–H groups in total. The van der Waals surface area contributed by atoms with Crippen LogP contribution in [0.1, 0.15) is 40.0 Å². The summed E-state index contributed by atoms with van der Waals surface area (Å²) < 4.78 is 0. The topological polar surface area (TPSA) is 23.9 Å².